The molecule has 2 unspecified atom stereocenters. The minimum Gasteiger partial charge on any atom is -0.466 e. The smallest absolute Gasteiger partial charge is 0.305 e. The first-order valence-electron chi connectivity index (χ1n) is 28.1. The first-order valence-corrected chi connectivity index (χ1v) is 28.1. The molecule has 0 aliphatic heterocycles. The first-order chi connectivity index (χ1) is 31.0. The number of hydrogen-bond donors (Lipinski definition) is 3. The molecule has 6 nitrogen and oxygen atoms in total. The van der Waals surface area contributed by atoms with Crippen LogP contribution in [0.25, 0.3) is 0 Å². The van der Waals surface area contributed by atoms with Gasteiger partial charge in [-0.2, -0.15) is 0 Å². The normalized spacial score (nSPS) is 12.8. The van der Waals surface area contributed by atoms with E-state index in [0.29, 0.717) is 19.4 Å². The predicted octanol–water partition coefficient (Wildman–Crippen LogP) is 17.1. The van der Waals surface area contributed by atoms with Crippen LogP contribution in [-0.2, 0) is 14.3 Å². The van der Waals surface area contributed by atoms with Crippen molar-refractivity contribution < 1.29 is 24.5 Å². The van der Waals surface area contributed by atoms with Gasteiger partial charge in [-0.05, 0) is 57.8 Å². The highest BCUT2D eigenvalue weighted by Crippen LogP contribution is 2.16. The van der Waals surface area contributed by atoms with Gasteiger partial charge in [0.1, 0.15) is 0 Å². The Morgan fingerprint density at radius 3 is 1.13 bits per heavy atom. The van der Waals surface area contributed by atoms with Gasteiger partial charge in [-0.3, -0.25) is 9.59 Å². The van der Waals surface area contributed by atoms with Crippen LogP contribution in [0.4, 0.5) is 0 Å². The topological polar surface area (TPSA) is 95.9 Å². The number of amides is 1. The summed E-state index contributed by atoms with van der Waals surface area (Å²) >= 11 is 0. The molecule has 0 aromatic heterocycles. The number of unbranched alkanes of at least 4 members (excludes halogenated alkanes) is 39. The molecule has 3 N–H and O–H groups in total. The molecule has 0 fully saturated rings. The SMILES string of the molecule is CCCCCCCC/C=C\CCCCCCCCCC(=O)OCCCCCCCCCCCCCCCCCC(=O)NC(CO)C(O)/C=C/CCCCCCCCCCCCCC. The van der Waals surface area contributed by atoms with E-state index in [1.54, 1.807) is 6.08 Å². The highest BCUT2D eigenvalue weighted by Gasteiger charge is 2.18. The molecule has 6 heteroatoms. The quantitative estimate of drug-likeness (QED) is 0.0321. The molecule has 0 aromatic carbocycles. The maximum Gasteiger partial charge on any atom is 0.305 e. The van der Waals surface area contributed by atoms with Crippen molar-refractivity contribution in [3.63, 3.8) is 0 Å². The fraction of sp³-hybridized carbons (Fsp3) is 0.895. The molecule has 0 saturated carbocycles. The Hall–Kier alpha value is -1.66. The largest absolute Gasteiger partial charge is 0.466 e. The Kier molecular flexibility index (Phi) is 51.6. The van der Waals surface area contributed by atoms with Crippen molar-refractivity contribution >= 4 is 11.9 Å². The molecule has 0 aromatic rings. The summed E-state index contributed by atoms with van der Waals surface area (Å²) in [5, 5.41) is 23.1. The second kappa shape index (κ2) is 53.0. The van der Waals surface area contributed by atoms with Crippen molar-refractivity contribution in [2.24, 2.45) is 0 Å². The third-order valence-electron chi connectivity index (χ3n) is 13.0. The number of carbonyl (C=O) groups is 2. The fourth-order valence-electron chi connectivity index (χ4n) is 8.63. The van der Waals surface area contributed by atoms with E-state index in [2.05, 4.69) is 31.3 Å². The minimum atomic E-state index is -0.849. The Bertz CT molecular complexity index is 982. The third kappa shape index (κ3) is 49.6. The summed E-state index contributed by atoms with van der Waals surface area (Å²) in [6, 6.07) is -0.634. The fourth-order valence-corrected chi connectivity index (χ4v) is 8.63. The van der Waals surface area contributed by atoms with Gasteiger partial charge in [0.15, 0.2) is 0 Å². The Balaban J connectivity index is 3.44. The van der Waals surface area contributed by atoms with Gasteiger partial charge in [-0.15, -0.1) is 0 Å². The number of aliphatic hydroxyl groups is 2. The summed E-state index contributed by atoms with van der Waals surface area (Å²) in [6.07, 6.45) is 63.3. The van der Waals surface area contributed by atoms with Crippen LogP contribution in [0.2, 0.25) is 0 Å². The maximum atomic E-state index is 12.4. The Morgan fingerprint density at radius 2 is 0.746 bits per heavy atom. The molecule has 0 aliphatic rings. The van der Waals surface area contributed by atoms with E-state index in [0.717, 1.165) is 51.4 Å². The van der Waals surface area contributed by atoms with E-state index >= 15 is 0 Å². The van der Waals surface area contributed by atoms with Crippen molar-refractivity contribution in [3.8, 4) is 0 Å². The lowest BCUT2D eigenvalue weighted by Gasteiger charge is -2.20. The zero-order valence-corrected chi connectivity index (χ0v) is 42.3. The van der Waals surface area contributed by atoms with Crippen molar-refractivity contribution in [3.05, 3.63) is 24.3 Å². The molecule has 2 atom stereocenters. The lowest BCUT2D eigenvalue weighted by Crippen LogP contribution is -2.45. The van der Waals surface area contributed by atoms with E-state index in [-0.39, 0.29) is 18.5 Å². The van der Waals surface area contributed by atoms with E-state index < -0.39 is 12.1 Å². The molecule has 372 valence electrons. The Labute approximate surface area is 392 Å². The highest BCUT2D eigenvalue weighted by molar-refractivity contribution is 5.76. The molecule has 0 radical (unpaired) electrons. The minimum absolute atomic E-state index is 0.00374. The number of allylic oxidation sites excluding steroid dienone is 3. The summed E-state index contributed by atoms with van der Waals surface area (Å²) in [7, 11) is 0. The lowest BCUT2D eigenvalue weighted by molar-refractivity contribution is -0.143. The van der Waals surface area contributed by atoms with Crippen LogP contribution in [-0.4, -0.2) is 47.4 Å². The second-order valence-corrected chi connectivity index (χ2v) is 19.3. The van der Waals surface area contributed by atoms with Gasteiger partial charge in [0.2, 0.25) is 5.91 Å². The van der Waals surface area contributed by atoms with Crippen LogP contribution in [0.5, 0.6) is 0 Å². The second-order valence-electron chi connectivity index (χ2n) is 19.3. The van der Waals surface area contributed by atoms with Crippen LogP contribution in [0.1, 0.15) is 303 Å². The number of carbonyl (C=O) groups excluding carboxylic acids is 2. The van der Waals surface area contributed by atoms with E-state index in [9.17, 15) is 19.8 Å². The molecular weight excluding hydrogens is 779 g/mol. The van der Waals surface area contributed by atoms with Gasteiger partial charge in [0, 0.05) is 12.8 Å². The molecule has 0 saturated heterocycles. The predicted molar refractivity (Wildman–Crippen MR) is 273 cm³/mol. The highest BCUT2D eigenvalue weighted by atomic mass is 16.5. The van der Waals surface area contributed by atoms with Crippen LogP contribution >= 0.6 is 0 Å². The molecule has 0 heterocycles. The van der Waals surface area contributed by atoms with E-state index in [1.807, 2.05) is 6.08 Å². The van der Waals surface area contributed by atoms with Crippen LogP contribution in [0.15, 0.2) is 24.3 Å². The average Bonchev–Trinajstić information content (AvgIpc) is 3.28. The van der Waals surface area contributed by atoms with Gasteiger partial charge < -0.3 is 20.3 Å². The summed E-state index contributed by atoms with van der Waals surface area (Å²) in [5.41, 5.74) is 0. The van der Waals surface area contributed by atoms with Gasteiger partial charge in [0.05, 0.1) is 25.4 Å². The maximum absolute atomic E-state index is 12.4. The van der Waals surface area contributed by atoms with Crippen molar-refractivity contribution in [2.45, 2.75) is 315 Å². The molecule has 0 aliphatic carbocycles. The summed E-state index contributed by atoms with van der Waals surface area (Å²) in [4.78, 5) is 24.5. The van der Waals surface area contributed by atoms with E-state index in [1.165, 1.54) is 225 Å². The van der Waals surface area contributed by atoms with Crippen LogP contribution in [0, 0.1) is 0 Å². The van der Waals surface area contributed by atoms with Gasteiger partial charge in [0.25, 0.3) is 0 Å². The van der Waals surface area contributed by atoms with Gasteiger partial charge in [-0.1, -0.05) is 256 Å². The lowest BCUT2D eigenvalue weighted by atomic mass is 10.0. The average molecular weight is 889 g/mol. The number of nitrogens with one attached hydrogen (secondary N) is 1. The number of ether oxygens (including phenoxy) is 1. The van der Waals surface area contributed by atoms with Crippen molar-refractivity contribution in [2.75, 3.05) is 13.2 Å². The Morgan fingerprint density at radius 1 is 0.429 bits per heavy atom. The summed E-state index contributed by atoms with van der Waals surface area (Å²) < 4.78 is 5.48. The molecule has 0 spiro atoms. The van der Waals surface area contributed by atoms with Crippen LogP contribution in [0.3, 0.4) is 0 Å². The molecule has 63 heavy (non-hydrogen) atoms. The summed E-state index contributed by atoms with van der Waals surface area (Å²) in [6.45, 7) is 4.89. The first kappa shape index (κ1) is 61.3. The van der Waals surface area contributed by atoms with Crippen LogP contribution < -0.4 is 5.32 Å². The number of hydrogen-bond acceptors (Lipinski definition) is 5. The summed E-state index contributed by atoms with van der Waals surface area (Å²) in [5.74, 6) is -0.0797. The standard InChI is InChI=1S/C57H109NO5/c1-3-5-7-9-11-13-15-17-19-20-23-27-31-35-39-43-47-51-57(62)63-52-48-44-40-36-32-28-24-21-22-26-30-34-38-42-46-50-56(61)58-54(53-59)55(60)49-45-41-37-33-29-25-18-16-14-12-10-8-6-4-2/h17,19,45,49,54-55,59-60H,3-16,18,20-44,46-48,50-53H2,1-2H3,(H,58,61)/b19-17-,49-45+. The molecular formula is C57H109NO5. The van der Waals surface area contributed by atoms with Gasteiger partial charge >= 0.3 is 5.97 Å². The molecule has 1 amide bonds. The van der Waals surface area contributed by atoms with E-state index in [4.69, 9.17) is 4.74 Å². The number of rotatable bonds is 52. The van der Waals surface area contributed by atoms with Crippen molar-refractivity contribution in [1.82, 2.24) is 5.32 Å². The number of aliphatic hydroxyl groups excluding tert-OH is 2. The molecule has 0 bridgehead atoms. The zero-order chi connectivity index (χ0) is 45.8. The van der Waals surface area contributed by atoms with Crippen molar-refractivity contribution in [1.29, 1.82) is 0 Å². The monoisotopic (exact) mass is 888 g/mol. The number of esters is 1. The zero-order valence-electron chi connectivity index (χ0n) is 42.3. The third-order valence-corrected chi connectivity index (χ3v) is 13.0. The van der Waals surface area contributed by atoms with Gasteiger partial charge in [-0.25, -0.2) is 0 Å². The molecule has 0 rings (SSSR count).